The van der Waals surface area contributed by atoms with Gasteiger partial charge in [-0.05, 0) is 24.9 Å². The van der Waals surface area contributed by atoms with E-state index in [1.54, 1.807) is 0 Å². The van der Waals surface area contributed by atoms with Crippen LogP contribution < -0.4 is 10.6 Å². The zero-order valence-electron chi connectivity index (χ0n) is 11.0. The molecule has 0 unspecified atom stereocenters. The van der Waals surface area contributed by atoms with Crippen LogP contribution in [0.4, 0.5) is 0 Å². The first kappa shape index (κ1) is 14.4. The third kappa shape index (κ3) is 4.23. The number of hydrogen-bond acceptors (Lipinski definition) is 2. The average molecular weight is 286 g/mol. The van der Waals surface area contributed by atoms with Crippen molar-refractivity contribution in [3.8, 4) is 0 Å². The van der Waals surface area contributed by atoms with E-state index >= 15 is 0 Å². The number of carbonyl (C=O) groups is 1. The molecule has 96 valence electrons. The minimum absolute atomic E-state index is 0.277. The molecule has 0 aliphatic rings. The van der Waals surface area contributed by atoms with Crippen molar-refractivity contribution in [2.45, 2.75) is 6.32 Å². The van der Waals surface area contributed by atoms with Crippen LogP contribution >= 0.6 is 19.7 Å². The number of carbonyl (C=O) groups excluding carboxylic acids is 1. The maximum Gasteiger partial charge on any atom is 0.181 e. The molecule has 0 aliphatic heterocycles. The zero-order chi connectivity index (χ0) is 13.5. The average Bonchev–Trinajstić information content (AvgIpc) is 2.49. The molecule has 0 saturated carbocycles. The minimum atomic E-state index is -0.447. The van der Waals surface area contributed by atoms with Gasteiger partial charge in [0.1, 0.15) is 7.85 Å². The minimum Gasteiger partial charge on any atom is -0.288 e. The fourth-order valence-electron chi connectivity index (χ4n) is 1.75. The summed E-state index contributed by atoms with van der Waals surface area (Å²) in [6.07, 6.45) is 0.609. The summed E-state index contributed by atoms with van der Waals surface area (Å²) in [6, 6.07) is 21.0. The number of hydrogen-bond donors (Lipinski definition) is 0. The zero-order valence-corrected chi connectivity index (χ0v) is 12.7. The fourth-order valence-corrected chi connectivity index (χ4v) is 5.60. The van der Waals surface area contributed by atoms with E-state index in [-0.39, 0.29) is 5.12 Å². The Kier molecular flexibility index (Phi) is 5.69. The summed E-state index contributed by atoms with van der Waals surface area (Å²) in [5.74, 6) is 0. The Morgan fingerprint density at radius 1 is 0.947 bits per heavy atom. The van der Waals surface area contributed by atoms with Gasteiger partial charge in [0.25, 0.3) is 0 Å². The topological polar surface area (TPSA) is 17.1 Å². The lowest BCUT2D eigenvalue weighted by Crippen LogP contribution is -2.13. The van der Waals surface area contributed by atoms with Gasteiger partial charge in [0.15, 0.2) is 5.12 Å². The van der Waals surface area contributed by atoms with Crippen LogP contribution in [0.5, 0.6) is 0 Å². The first-order chi connectivity index (χ1) is 9.31. The second-order valence-electron chi connectivity index (χ2n) is 4.10. The molecule has 0 bridgehead atoms. The van der Waals surface area contributed by atoms with E-state index in [0.29, 0.717) is 6.32 Å². The van der Waals surface area contributed by atoms with Gasteiger partial charge in [-0.15, -0.1) is 0 Å². The maximum atomic E-state index is 11.6. The van der Waals surface area contributed by atoms with E-state index < -0.39 is 7.92 Å². The van der Waals surface area contributed by atoms with Gasteiger partial charge >= 0.3 is 0 Å². The molecule has 0 N–H and O–H groups in total. The SMILES string of the molecule is BCC(=O)SCP(c1ccccc1)c1ccccc1. The van der Waals surface area contributed by atoms with Crippen molar-refractivity contribution < 1.29 is 4.79 Å². The Morgan fingerprint density at radius 3 is 1.84 bits per heavy atom. The van der Waals surface area contributed by atoms with Crippen molar-refractivity contribution >= 4 is 43.3 Å². The van der Waals surface area contributed by atoms with Crippen LogP contribution in [0.2, 0.25) is 6.32 Å². The van der Waals surface area contributed by atoms with Crippen LogP contribution in [0.15, 0.2) is 60.7 Å². The van der Waals surface area contributed by atoms with Crippen molar-refractivity contribution in [2.24, 2.45) is 0 Å². The van der Waals surface area contributed by atoms with E-state index in [1.807, 2.05) is 20.0 Å². The Hall–Kier alpha value is -1.05. The molecule has 0 saturated heterocycles. The van der Waals surface area contributed by atoms with Crippen molar-refractivity contribution in [1.82, 2.24) is 0 Å². The van der Waals surface area contributed by atoms with E-state index in [1.165, 1.54) is 22.4 Å². The molecule has 0 aliphatic carbocycles. The van der Waals surface area contributed by atoms with Gasteiger partial charge in [-0.1, -0.05) is 72.4 Å². The van der Waals surface area contributed by atoms with Gasteiger partial charge in [0.2, 0.25) is 0 Å². The van der Waals surface area contributed by atoms with Gasteiger partial charge in [0.05, 0.1) is 0 Å². The largest absolute Gasteiger partial charge is 0.288 e. The van der Waals surface area contributed by atoms with Crippen LogP contribution in [0.1, 0.15) is 0 Å². The third-order valence-corrected chi connectivity index (χ3v) is 6.78. The molecule has 0 aromatic heterocycles. The molecule has 0 radical (unpaired) electrons. The molecule has 0 spiro atoms. The lowest BCUT2D eigenvalue weighted by molar-refractivity contribution is -0.109. The first-order valence-electron chi connectivity index (χ1n) is 6.34. The number of benzene rings is 2. The molecular weight excluding hydrogens is 270 g/mol. The lowest BCUT2D eigenvalue weighted by atomic mass is 10.1. The van der Waals surface area contributed by atoms with Crippen LogP contribution in [0.3, 0.4) is 0 Å². The van der Waals surface area contributed by atoms with E-state index in [2.05, 4.69) is 48.5 Å². The monoisotopic (exact) mass is 286 g/mol. The Morgan fingerprint density at radius 2 is 1.42 bits per heavy atom. The number of rotatable bonds is 5. The molecule has 2 rings (SSSR count). The first-order valence-corrected chi connectivity index (χ1v) is 8.85. The van der Waals surface area contributed by atoms with Crippen LogP contribution in [0.25, 0.3) is 0 Å². The lowest BCUT2D eigenvalue weighted by Gasteiger charge is -2.17. The highest BCUT2D eigenvalue weighted by Gasteiger charge is 2.14. The summed E-state index contributed by atoms with van der Waals surface area (Å²) < 4.78 is 0. The normalized spacial score (nSPS) is 10.6. The second kappa shape index (κ2) is 7.52. The Labute approximate surface area is 121 Å². The van der Waals surface area contributed by atoms with Crippen LogP contribution in [0, 0.1) is 0 Å². The van der Waals surface area contributed by atoms with Gasteiger partial charge in [0, 0.05) is 5.49 Å². The second-order valence-corrected chi connectivity index (χ2v) is 7.76. The van der Waals surface area contributed by atoms with Crippen LogP contribution in [-0.4, -0.2) is 18.5 Å². The summed E-state index contributed by atoms with van der Waals surface area (Å²) in [5.41, 5.74) is 0.871. The van der Waals surface area contributed by atoms with Crippen molar-refractivity contribution in [1.29, 1.82) is 0 Å². The highest BCUT2D eigenvalue weighted by Crippen LogP contribution is 2.37. The van der Waals surface area contributed by atoms with Gasteiger partial charge in [-0.2, -0.15) is 0 Å². The maximum absolute atomic E-state index is 11.6. The predicted molar refractivity (Wildman–Crippen MR) is 89.9 cm³/mol. The summed E-state index contributed by atoms with van der Waals surface area (Å²) >= 11 is 1.46. The Balaban J connectivity index is 2.21. The third-order valence-electron chi connectivity index (χ3n) is 2.78. The molecule has 0 fully saturated rings. The molecule has 0 atom stereocenters. The van der Waals surface area contributed by atoms with Crippen molar-refractivity contribution in [2.75, 3.05) is 5.49 Å². The van der Waals surface area contributed by atoms with E-state index in [4.69, 9.17) is 0 Å². The van der Waals surface area contributed by atoms with E-state index in [9.17, 15) is 4.79 Å². The number of thioether (sulfide) groups is 1. The fraction of sp³-hybridized carbons (Fsp3) is 0.133. The Bertz CT molecular complexity index is 479. The molecule has 0 amide bonds. The molecule has 2 aromatic carbocycles. The molecule has 0 heterocycles. The van der Waals surface area contributed by atoms with Crippen molar-refractivity contribution in [3.05, 3.63) is 60.7 Å². The molecular formula is C15H16BOPS. The molecule has 1 nitrogen and oxygen atoms in total. The predicted octanol–water partition coefficient (Wildman–Crippen LogP) is 2.39. The molecule has 2 aromatic rings. The van der Waals surface area contributed by atoms with E-state index in [0.717, 1.165) is 5.49 Å². The van der Waals surface area contributed by atoms with Crippen molar-refractivity contribution in [3.63, 3.8) is 0 Å². The summed E-state index contributed by atoms with van der Waals surface area (Å²) in [5, 5.41) is 2.94. The molecule has 19 heavy (non-hydrogen) atoms. The smallest absolute Gasteiger partial charge is 0.181 e. The van der Waals surface area contributed by atoms with Crippen LogP contribution in [-0.2, 0) is 4.79 Å². The standard InChI is InChI=1S/C15H16BOPS/c16-11-15(17)19-12-18(13-7-3-1-4-8-13)14-9-5-2-6-10-14/h1-10H,11-12,16H2. The summed E-state index contributed by atoms with van der Waals surface area (Å²) in [6.45, 7) is 0. The summed E-state index contributed by atoms with van der Waals surface area (Å²) in [4.78, 5) is 11.6. The van der Waals surface area contributed by atoms with Gasteiger partial charge < -0.3 is 0 Å². The highest BCUT2D eigenvalue weighted by molar-refractivity contribution is 8.18. The molecule has 4 heteroatoms. The summed E-state index contributed by atoms with van der Waals surface area (Å²) in [7, 11) is 1.47. The highest BCUT2D eigenvalue weighted by atomic mass is 32.2. The quantitative estimate of drug-likeness (QED) is 0.620. The van der Waals surface area contributed by atoms with Gasteiger partial charge in [-0.3, -0.25) is 4.79 Å². The van der Waals surface area contributed by atoms with Gasteiger partial charge in [-0.25, -0.2) is 0 Å².